The molecule has 0 saturated carbocycles. The van der Waals surface area contributed by atoms with Crippen molar-refractivity contribution in [3.8, 4) is 0 Å². The molecule has 3 heteroatoms. The number of nitrogens with zero attached hydrogens (tertiary/aromatic N) is 1. The van der Waals surface area contributed by atoms with Crippen LogP contribution in [0.1, 0.15) is 10.4 Å². The number of rotatable bonds is 1. The van der Waals surface area contributed by atoms with Crippen LogP contribution in [0.15, 0.2) is 24.3 Å². The summed E-state index contributed by atoms with van der Waals surface area (Å²) in [5, 5.41) is 0.536. The van der Waals surface area contributed by atoms with Crippen molar-refractivity contribution in [2.45, 2.75) is 0 Å². The van der Waals surface area contributed by atoms with Crippen LogP contribution in [0, 0.1) is 0 Å². The largest absolute Gasteiger partial charge is 0.335 e. The third kappa shape index (κ3) is 1.30. The van der Waals surface area contributed by atoms with Gasteiger partial charge in [0, 0.05) is 13.1 Å². The average molecular weight is 182 g/mol. The highest BCUT2D eigenvalue weighted by Gasteiger charge is 2.26. The van der Waals surface area contributed by atoms with E-state index >= 15 is 0 Å². The molecule has 12 heavy (non-hydrogen) atoms. The number of benzene rings is 1. The average Bonchev–Trinajstić information content (AvgIpc) is 2.86. The fraction of sp³-hybridized carbons (Fsp3) is 0.222. The van der Waals surface area contributed by atoms with E-state index in [-0.39, 0.29) is 5.91 Å². The van der Waals surface area contributed by atoms with Crippen LogP contribution < -0.4 is 0 Å². The minimum absolute atomic E-state index is 0.0422. The zero-order chi connectivity index (χ0) is 8.55. The van der Waals surface area contributed by atoms with E-state index in [0.29, 0.717) is 10.6 Å². The Morgan fingerprint density at radius 1 is 1.33 bits per heavy atom. The van der Waals surface area contributed by atoms with Crippen molar-refractivity contribution in [1.29, 1.82) is 0 Å². The Kier molecular flexibility index (Phi) is 1.77. The van der Waals surface area contributed by atoms with Gasteiger partial charge in [-0.05, 0) is 12.1 Å². The number of carbonyl (C=O) groups excluding carboxylic acids is 1. The van der Waals surface area contributed by atoms with Crippen molar-refractivity contribution in [1.82, 2.24) is 4.90 Å². The van der Waals surface area contributed by atoms with Crippen molar-refractivity contribution in [2.75, 3.05) is 13.1 Å². The van der Waals surface area contributed by atoms with E-state index in [4.69, 9.17) is 11.6 Å². The van der Waals surface area contributed by atoms with Crippen molar-refractivity contribution in [2.24, 2.45) is 0 Å². The summed E-state index contributed by atoms with van der Waals surface area (Å²) < 4.78 is 0. The summed E-state index contributed by atoms with van der Waals surface area (Å²) in [4.78, 5) is 13.2. The van der Waals surface area contributed by atoms with Crippen LogP contribution in [0.3, 0.4) is 0 Å². The first-order valence-electron chi connectivity index (χ1n) is 3.83. The maximum absolute atomic E-state index is 11.5. The topological polar surface area (TPSA) is 20.1 Å². The molecule has 2 rings (SSSR count). The fourth-order valence-electron chi connectivity index (χ4n) is 1.06. The van der Waals surface area contributed by atoms with Gasteiger partial charge in [-0.2, -0.15) is 0 Å². The Balaban J connectivity index is 2.32. The van der Waals surface area contributed by atoms with Gasteiger partial charge in [0.25, 0.3) is 5.91 Å². The molecule has 0 bridgehead atoms. The molecule has 0 aromatic heterocycles. The molecule has 1 amide bonds. The van der Waals surface area contributed by atoms with Gasteiger partial charge < -0.3 is 4.90 Å². The molecule has 62 valence electrons. The Bertz CT molecular complexity index is 320. The quantitative estimate of drug-likeness (QED) is 0.605. The Hall–Kier alpha value is -1.02. The fourth-order valence-corrected chi connectivity index (χ4v) is 1.27. The van der Waals surface area contributed by atoms with E-state index < -0.39 is 0 Å². The van der Waals surface area contributed by atoms with Gasteiger partial charge >= 0.3 is 0 Å². The lowest BCUT2D eigenvalue weighted by atomic mass is 10.2. The number of amides is 1. The van der Waals surface area contributed by atoms with Crippen LogP contribution in [0.25, 0.3) is 0 Å². The van der Waals surface area contributed by atoms with Gasteiger partial charge in [0.2, 0.25) is 0 Å². The minimum atomic E-state index is 0.0422. The van der Waals surface area contributed by atoms with Gasteiger partial charge in [-0.1, -0.05) is 23.7 Å². The summed E-state index contributed by atoms with van der Waals surface area (Å²) in [6.45, 7) is 1.73. The number of hydrogen-bond acceptors (Lipinski definition) is 1. The molecule has 0 aliphatic carbocycles. The second-order valence-electron chi connectivity index (χ2n) is 2.77. The number of halogens is 1. The normalized spacial score (nSPS) is 14.6. The lowest BCUT2D eigenvalue weighted by Gasteiger charge is -2.02. The van der Waals surface area contributed by atoms with Crippen molar-refractivity contribution in [3.63, 3.8) is 0 Å². The Morgan fingerprint density at radius 2 is 2.00 bits per heavy atom. The van der Waals surface area contributed by atoms with Gasteiger partial charge in [-0.25, -0.2) is 0 Å². The standard InChI is InChI=1S/C9H8ClNO/c10-8-4-2-1-3-7(8)9(12)11-5-6-11/h1-4H,5-6H2. The molecule has 1 heterocycles. The summed E-state index contributed by atoms with van der Waals surface area (Å²) in [6.07, 6.45) is 0. The molecule has 1 aliphatic heterocycles. The first kappa shape index (κ1) is 7.62. The molecule has 2 nitrogen and oxygen atoms in total. The molecular weight excluding hydrogens is 174 g/mol. The summed E-state index contributed by atoms with van der Waals surface area (Å²) in [5.74, 6) is 0.0422. The highest BCUT2D eigenvalue weighted by molar-refractivity contribution is 6.33. The van der Waals surface area contributed by atoms with Gasteiger partial charge in [0.05, 0.1) is 10.6 Å². The molecule has 0 spiro atoms. The van der Waals surface area contributed by atoms with E-state index in [9.17, 15) is 4.79 Å². The third-order valence-electron chi connectivity index (χ3n) is 1.84. The molecule has 0 atom stereocenters. The summed E-state index contributed by atoms with van der Waals surface area (Å²) in [7, 11) is 0. The zero-order valence-electron chi connectivity index (χ0n) is 6.46. The molecule has 1 aromatic carbocycles. The van der Waals surface area contributed by atoms with Gasteiger partial charge in [0.1, 0.15) is 0 Å². The maximum atomic E-state index is 11.5. The van der Waals surface area contributed by atoms with Gasteiger partial charge in [0.15, 0.2) is 0 Å². The highest BCUT2D eigenvalue weighted by atomic mass is 35.5. The first-order valence-corrected chi connectivity index (χ1v) is 4.20. The first-order chi connectivity index (χ1) is 5.79. The molecule has 0 radical (unpaired) electrons. The SMILES string of the molecule is O=C(c1ccccc1Cl)N1CC1. The van der Waals surface area contributed by atoms with Crippen LogP contribution in [-0.4, -0.2) is 23.9 Å². The number of carbonyl (C=O) groups is 1. The smallest absolute Gasteiger partial charge is 0.255 e. The van der Waals surface area contributed by atoms with Crippen LogP contribution >= 0.6 is 11.6 Å². The van der Waals surface area contributed by atoms with E-state index in [1.807, 2.05) is 12.1 Å². The van der Waals surface area contributed by atoms with Crippen LogP contribution in [0.5, 0.6) is 0 Å². The second kappa shape index (κ2) is 2.79. The predicted molar refractivity (Wildman–Crippen MR) is 47.4 cm³/mol. The van der Waals surface area contributed by atoms with Gasteiger partial charge in [-0.15, -0.1) is 0 Å². The third-order valence-corrected chi connectivity index (χ3v) is 2.17. The van der Waals surface area contributed by atoms with Crippen molar-refractivity contribution >= 4 is 17.5 Å². The predicted octanol–water partition coefficient (Wildman–Crippen LogP) is 1.80. The summed E-state index contributed by atoms with van der Waals surface area (Å²) in [5.41, 5.74) is 0.608. The maximum Gasteiger partial charge on any atom is 0.255 e. The second-order valence-corrected chi connectivity index (χ2v) is 3.18. The zero-order valence-corrected chi connectivity index (χ0v) is 7.21. The molecule has 1 fully saturated rings. The minimum Gasteiger partial charge on any atom is -0.335 e. The van der Waals surface area contributed by atoms with Crippen molar-refractivity contribution < 1.29 is 4.79 Å². The summed E-state index contributed by atoms with van der Waals surface area (Å²) in [6, 6.07) is 7.13. The van der Waals surface area contributed by atoms with Crippen LogP contribution in [0.2, 0.25) is 5.02 Å². The molecular formula is C9H8ClNO. The molecule has 0 N–H and O–H groups in total. The lowest BCUT2D eigenvalue weighted by molar-refractivity contribution is 0.0885. The van der Waals surface area contributed by atoms with Crippen LogP contribution in [-0.2, 0) is 0 Å². The lowest BCUT2D eigenvalue weighted by Crippen LogP contribution is -2.10. The Labute approximate surface area is 75.7 Å². The Morgan fingerprint density at radius 3 is 2.58 bits per heavy atom. The molecule has 1 aromatic rings. The summed E-state index contributed by atoms with van der Waals surface area (Å²) >= 11 is 5.84. The van der Waals surface area contributed by atoms with E-state index in [0.717, 1.165) is 13.1 Å². The van der Waals surface area contributed by atoms with Gasteiger partial charge in [-0.3, -0.25) is 4.79 Å². The van der Waals surface area contributed by atoms with Crippen molar-refractivity contribution in [3.05, 3.63) is 34.9 Å². The monoisotopic (exact) mass is 181 g/mol. The van der Waals surface area contributed by atoms with E-state index in [1.54, 1.807) is 17.0 Å². The molecule has 1 saturated heterocycles. The van der Waals surface area contributed by atoms with E-state index in [2.05, 4.69) is 0 Å². The van der Waals surface area contributed by atoms with Crippen LogP contribution in [0.4, 0.5) is 0 Å². The number of hydrogen-bond donors (Lipinski definition) is 0. The van der Waals surface area contributed by atoms with E-state index in [1.165, 1.54) is 0 Å². The molecule has 1 aliphatic rings. The highest BCUT2D eigenvalue weighted by Crippen LogP contribution is 2.19. The molecule has 0 unspecified atom stereocenters.